The predicted molar refractivity (Wildman–Crippen MR) is 117 cm³/mol. The Balaban J connectivity index is 1.56. The van der Waals surface area contributed by atoms with Crippen LogP contribution in [0, 0.1) is 0 Å². The summed E-state index contributed by atoms with van der Waals surface area (Å²) in [6.45, 7) is 0.931. The molecular formula is C25H23NO4. The zero-order chi connectivity index (χ0) is 20.9. The van der Waals surface area contributed by atoms with Gasteiger partial charge < -0.3 is 20.0 Å². The van der Waals surface area contributed by atoms with E-state index in [0.29, 0.717) is 30.9 Å². The highest BCUT2D eigenvalue weighted by atomic mass is 16.5. The van der Waals surface area contributed by atoms with Gasteiger partial charge in [0, 0.05) is 29.5 Å². The summed E-state index contributed by atoms with van der Waals surface area (Å²) < 4.78 is 11.7. The first kappa shape index (κ1) is 19.7. The first-order valence-corrected chi connectivity index (χ1v) is 9.86. The van der Waals surface area contributed by atoms with Crippen molar-refractivity contribution in [2.75, 3.05) is 6.61 Å². The van der Waals surface area contributed by atoms with Gasteiger partial charge >= 0.3 is 5.97 Å². The zero-order valence-corrected chi connectivity index (χ0v) is 16.5. The van der Waals surface area contributed by atoms with Crippen LogP contribution in [-0.2, 0) is 24.2 Å². The molecule has 0 aliphatic heterocycles. The fourth-order valence-corrected chi connectivity index (χ4v) is 3.60. The van der Waals surface area contributed by atoms with Crippen LogP contribution in [0.2, 0.25) is 0 Å². The highest BCUT2D eigenvalue weighted by Gasteiger charge is 2.11. The summed E-state index contributed by atoms with van der Waals surface area (Å²) >= 11 is 0. The lowest BCUT2D eigenvalue weighted by atomic mass is 9.98. The highest BCUT2D eigenvalue weighted by Crippen LogP contribution is 2.32. The maximum Gasteiger partial charge on any atom is 0.307 e. The normalized spacial score (nSPS) is 11.0. The van der Waals surface area contributed by atoms with Gasteiger partial charge in [-0.05, 0) is 47.0 Å². The van der Waals surface area contributed by atoms with E-state index in [1.165, 1.54) is 0 Å². The topological polar surface area (TPSA) is 85.7 Å². The van der Waals surface area contributed by atoms with Gasteiger partial charge in [-0.1, -0.05) is 36.4 Å². The molecule has 4 rings (SSSR count). The van der Waals surface area contributed by atoms with E-state index >= 15 is 0 Å². The molecule has 0 fully saturated rings. The Bertz CT molecular complexity index is 1180. The molecule has 0 unspecified atom stereocenters. The number of nitrogens with two attached hydrogens (primary N) is 1. The summed E-state index contributed by atoms with van der Waals surface area (Å²) in [6.07, 6.45) is 2.33. The summed E-state index contributed by atoms with van der Waals surface area (Å²) in [6, 6.07) is 21.6. The summed E-state index contributed by atoms with van der Waals surface area (Å²) in [5, 5.41) is 10.1. The Kier molecular flexibility index (Phi) is 5.82. The number of ether oxygens (including phenoxy) is 1. The van der Waals surface area contributed by atoms with Crippen LogP contribution in [0.25, 0.3) is 22.1 Å². The third-order valence-corrected chi connectivity index (χ3v) is 5.05. The number of fused-ring (bicyclic) bond motifs is 1. The van der Waals surface area contributed by atoms with Gasteiger partial charge in [-0.15, -0.1) is 0 Å². The number of benzene rings is 3. The summed E-state index contributed by atoms with van der Waals surface area (Å²) in [5.41, 5.74) is 11.6. The Morgan fingerprint density at radius 3 is 2.70 bits per heavy atom. The van der Waals surface area contributed by atoms with Crippen LogP contribution in [0.5, 0.6) is 5.75 Å². The fraction of sp³-hybridized carbons (Fsp3) is 0.160. The summed E-state index contributed by atoms with van der Waals surface area (Å²) in [4.78, 5) is 11.1. The number of carboxylic acids is 1. The van der Waals surface area contributed by atoms with Gasteiger partial charge in [0.05, 0.1) is 19.3 Å². The highest BCUT2D eigenvalue weighted by molar-refractivity contribution is 5.93. The van der Waals surface area contributed by atoms with Crippen molar-refractivity contribution < 1.29 is 19.1 Å². The molecule has 3 N–H and O–H groups in total. The number of furan rings is 1. The van der Waals surface area contributed by atoms with Crippen LogP contribution in [-0.4, -0.2) is 17.7 Å². The first-order valence-electron chi connectivity index (χ1n) is 9.86. The molecule has 0 radical (unpaired) electrons. The number of aliphatic carboxylic acids is 1. The molecule has 0 amide bonds. The minimum Gasteiger partial charge on any atom is -0.493 e. The molecule has 1 heterocycles. The smallest absolute Gasteiger partial charge is 0.307 e. The second-order valence-electron chi connectivity index (χ2n) is 7.16. The van der Waals surface area contributed by atoms with Crippen LogP contribution in [0.1, 0.15) is 16.7 Å². The SMILES string of the molecule is NCc1cccc(-c2cc(CCOc3ccccc3CC(=O)O)cc3ccoc23)c1. The standard InChI is InChI=1S/C25H23NO4/c26-16-18-4-3-6-19(13-18)22-14-17(12-21-9-11-30-25(21)22)8-10-29-23-7-2-1-5-20(23)15-24(27)28/h1-7,9,11-14H,8,10,15-16,26H2,(H,27,28). The van der Waals surface area contributed by atoms with Crippen LogP contribution >= 0.6 is 0 Å². The summed E-state index contributed by atoms with van der Waals surface area (Å²) in [7, 11) is 0. The van der Waals surface area contributed by atoms with Gasteiger partial charge in [0.2, 0.25) is 0 Å². The lowest BCUT2D eigenvalue weighted by molar-refractivity contribution is -0.136. The van der Waals surface area contributed by atoms with Crippen LogP contribution < -0.4 is 10.5 Å². The second kappa shape index (κ2) is 8.84. The van der Waals surface area contributed by atoms with Gasteiger partial charge in [-0.25, -0.2) is 0 Å². The molecule has 0 atom stereocenters. The van der Waals surface area contributed by atoms with Crippen molar-refractivity contribution in [3.05, 3.63) is 89.7 Å². The number of rotatable bonds is 8. The number of carboxylic acid groups (broad SMARTS) is 1. The molecule has 1 aromatic heterocycles. The predicted octanol–water partition coefficient (Wildman–Crippen LogP) is 4.81. The number of hydrogen-bond acceptors (Lipinski definition) is 4. The van der Waals surface area contributed by atoms with Crippen molar-refractivity contribution in [3.63, 3.8) is 0 Å². The van der Waals surface area contributed by atoms with E-state index < -0.39 is 5.97 Å². The van der Waals surface area contributed by atoms with Gasteiger partial charge in [-0.3, -0.25) is 4.79 Å². The molecule has 5 nitrogen and oxygen atoms in total. The number of carbonyl (C=O) groups is 1. The molecular weight excluding hydrogens is 378 g/mol. The zero-order valence-electron chi connectivity index (χ0n) is 16.5. The van der Waals surface area contributed by atoms with Crippen molar-refractivity contribution in [1.29, 1.82) is 0 Å². The maximum absolute atomic E-state index is 11.1. The minimum atomic E-state index is -0.874. The molecule has 0 saturated carbocycles. The van der Waals surface area contributed by atoms with Crippen molar-refractivity contribution in [2.45, 2.75) is 19.4 Å². The van der Waals surface area contributed by atoms with E-state index in [9.17, 15) is 4.79 Å². The molecule has 0 bridgehead atoms. The third-order valence-electron chi connectivity index (χ3n) is 5.05. The van der Waals surface area contributed by atoms with Gasteiger partial charge in [0.25, 0.3) is 0 Å². The van der Waals surface area contributed by atoms with Gasteiger partial charge in [0.15, 0.2) is 0 Å². The fourth-order valence-electron chi connectivity index (χ4n) is 3.60. The average molecular weight is 401 g/mol. The van der Waals surface area contributed by atoms with Crippen molar-refractivity contribution in [2.24, 2.45) is 5.73 Å². The second-order valence-corrected chi connectivity index (χ2v) is 7.16. The molecule has 3 aromatic carbocycles. The Labute approximate surface area is 174 Å². The Morgan fingerprint density at radius 1 is 1.00 bits per heavy atom. The number of para-hydroxylation sites is 1. The third kappa shape index (κ3) is 4.36. The van der Waals surface area contributed by atoms with E-state index in [1.807, 2.05) is 30.3 Å². The number of hydrogen-bond donors (Lipinski definition) is 2. The van der Waals surface area contributed by atoms with Crippen molar-refractivity contribution in [3.8, 4) is 16.9 Å². The molecule has 152 valence electrons. The van der Waals surface area contributed by atoms with Crippen LogP contribution in [0.4, 0.5) is 0 Å². The van der Waals surface area contributed by atoms with Crippen LogP contribution in [0.15, 0.2) is 77.4 Å². The van der Waals surface area contributed by atoms with E-state index in [1.54, 1.807) is 18.4 Å². The first-order chi connectivity index (χ1) is 14.6. The van der Waals surface area contributed by atoms with E-state index in [2.05, 4.69) is 24.3 Å². The molecule has 5 heteroatoms. The molecule has 0 saturated heterocycles. The molecule has 0 spiro atoms. The monoisotopic (exact) mass is 401 g/mol. The van der Waals surface area contributed by atoms with Crippen LogP contribution in [0.3, 0.4) is 0 Å². The lowest BCUT2D eigenvalue weighted by Gasteiger charge is -2.12. The molecule has 4 aromatic rings. The molecule has 30 heavy (non-hydrogen) atoms. The maximum atomic E-state index is 11.1. The van der Waals surface area contributed by atoms with Gasteiger partial charge in [-0.2, -0.15) is 0 Å². The average Bonchev–Trinajstić information content (AvgIpc) is 3.23. The van der Waals surface area contributed by atoms with E-state index in [4.69, 9.17) is 20.0 Å². The molecule has 0 aliphatic carbocycles. The Hall–Kier alpha value is -3.57. The minimum absolute atomic E-state index is 0.0568. The summed E-state index contributed by atoms with van der Waals surface area (Å²) in [5.74, 6) is -0.263. The molecule has 0 aliphatic rings. The van der Waals surface area contributed by atoms with E-state index in [-0.39, 0.29) is 6.42 Å². The quantitative estimate of drug-likeness (QED) is 0.443. The lowest BCUT2D eigenvalue weighted by Crippen LogP contribution is -2.06. The van der Waals surface area contributed by atoms with Crippen molar-refractivity contribution >= 4 is 16.9 Å². The van der Waals surface area contributed by atoms with Gasteiger partial charge in [0.1, 0.15) is 11.3 Å². The Morgan fingerprint density at radius 2 is 1.87 bits per heavy atom. The van der Waals surface area contributed by atoms with E-state index in [0.717, 1.165) is 33.2 Å². The van der Waals surface area contributed by atoms with Crippen molar-refractivity contribution in [1.82, 2.24) is 0 Å². The largest absolute Gasteiger partial charge is 0.493 e.